The summed E-state index contributed by atoms with van der Waals surface area (Å²) >= 11 is 0. The maximum absolute atomic E-state index is 5.11. The highest BCUT2D eigenvalue weighted by Gasteiger charge is 2.06. The van der Waals surface area contributed by atoms with E-state index in [2.05, 4.69) is 24.0 Å². The molecule has 1 aliphatic rings. The quantitative estimate of drug-likeness (QED) is 0.776. The van der Waals surface area contributed by atoms with Crippen LogP contribution < -0.4 is 10.1 Å². The Bertz CT molecular complexity index is 450. The average Bonchev–Trinajstić information content (AvgIpc) is 2.83. The van der Waals surface area contributed by atoms with Crippen molar-refractivity contribution in [2.24, 2.45) is 0 Å². The first-order chi connectivity index (χ1) is 7.79. The Hall–Kier alpha value is -1.92. The van der Waals surface area contributed by atoms with Crippen LogP contribution in [0.5, 0.6) is 5.75 Å². The Morgan fingerprint density at radius 3 is 2.56 bits per heavy atom. The van der Waals surface area contributed by atoms with Gasteiger partial charge in [-0.25, -0.2) is 0 Å². The molecule has 0 heterocycles. The number of allylic oxidation sites excluding steroid dienone is 1. The molecule has 0 radical (unpaired) electrons. The third kappa shape index (κ3) is 2.36. The second-order valence-corrected chi connectivity index (χ2v) is 3.72. The van der Waals surface area contributed by atoms with Gasteiger partial charge in [-0.1, -0.05) is 6.08 Å². The zero-order valence-electron chi connectivity index (χ0n) is 9.53. The van der Waals surface area contributed by atoms with Gasteiger partial charge < -0.3 is 10.1 Å². The first-order valence-corrected chi connectivity index (χ1v) is 5.33. The summed E-state index contributed by atoms with van der Waals surface area (Å²) in [5.41, 5.74) is 5.46. The average molecular weight is 213 g/mol. The number of benzene rings is 1. The summed E-state index contributed by atoms with van der Waals surface area (Å²) in [6.07, 6.45) is 6.00. The van der Waals surface area contributed by atoms with Crippen molar-refractivity contribution >= 4 is 5.69 Å². The molecule has 0 spiro atoms. The molecule has 2 rings (SSSR count). The third-order valence-electron chi connectivity index (χ3n) is 2.56. The van der Waals surface area contributed by atoms with Crippen LogP contribution in [0.2, 0.25) is 0 Å². The van der Waals surface area contributed by atoms with Gasteiger partial charge in [-0.15, -0.1) is 5.73 Å². The standard InChI is InChI=1S/C14H15NO/c1-11(12-5-3-4-6-12)15-13-7-9-14(16-2)10-8-13/h3-5,7-11,15H,1-2H3/t11-/m1/s1. The van der Waals surface area contributed by atoms with E-state index >= 15 is 0 Å². The Morgan fingerprint density at radius 1 is 1.25 bits per heavy atom. The van der Waals surface area contributed by atoms with Gasteiger partial charge in [0.1, 0.15) is 5.75 Å². The predicted molar refractivity (Wildman–Crippen MR) is 66.8 cm³/mol. The van der Waals surface area contributed by atoms with Gasteiger partial charge in [-0.05, 0) is 43.3 Å². The van der Waals surface area contributed by atoms with Crippen LogP contribution in [0.3, 0.4) is 0 Å². The van der Waals surface area contributed by atoms with Crippen molar-refractivity contribution in [2.75, 3.05) is 12.4 Å². The fourth-order valence-corrected chi connectivity index (χ4v) is 1.63. The molecule has 0 bridgehead atoms. The van der Waals surface area contributed by atoms with Gasteiger partial charge in [-0.3, -0.25) is 0 Å². The normalized spacial score (nSPS) is 14.8. The second-order valence-electron chi connectivity index (χ2n) is 3.72. The van der Waals surface area contributed by atoms with Gasteiger partial charge in [0.05, 0.1) is 13.2 Å². The number of hydrogen-bond acceptors (Lipinski definition) is 2. The molecule has 2 heteroatoms. The summed E-state index contributed by atoms with van der Waals surface area (Å²) in [6.45, 7) is 2.12. The van der Waals surface area contributed by atoms with Gasteiger partial charge in [-0.2, -0.15) is 0 Å². The molecule has 0 amide bonds. The fraction of sp³-hybridized carbons (Fsp3) is 0.214. The second kappa shape index (κ2) is 4.73. The molecule has 0 saturated heterocycles. The van der Waals surface area contributed by atoms with Crippen molar-refractivity contribution in [3.63, 3.8) is 0 Å². The first-order valence-electron chi connectivity index (χ1n) is 5.33. The van der Waals surface area contributed by atoms with E-state index in [1.807, 2.05) is 36.4 Å². The van der Waals surface area contributed by atoms with Crippen LogP contribution in [-0.4, -0.2) is 13.2 Å². The Kier molecular flexibility index (Phi) is 3.13. The van der Waals surface area contributed by atoms with Crippen LogP contribution in [0.4, 0.5) is 5.69 Å². The summed E-state index contributed by atoms with van der Waals surface area (Å²) in [4.78, 5) is 0. The van der Waals surface area contributed by atoms with Crippen molar-refractivity contribution in [1.29, 1.82) is 0 Å². The van der Waals surface area contributed by atoms with Gasteiger partial charge in [0, 0.05) is 11.3 Å². The topological polar surface area (TPSA) is 21.3 Å². The summed E-state index contributed by atoms with van der Waals surface area (Å²) in [6, 6.07) is 8.19. The molecule has 16 heavy (non-hydrogen) atoms. The molecule has 0 fully saturated rings. The zero-order chi connectivity index (χ0) is 11.4. The molecule has 1 N–H and O–H groups in total. The van der Waals surface area contributed by atoms with Crippen LogP contribution in [0.1, 0.15) is 6.92 Å². The lowest BCUT2D eigenvalue weighted by Crippen LogP contribution is -2.15. The molecule has 0 aliphatic heterocycles. The highest BCUT2D eigenvalue weighted by atomic mass is 16.5. The lowest BCUT2D eigenvalue weighted by atomic mass is 10.1. The molecule has 0 aromatic heterocycles. The number of rotatable bonds is 4. The van der Waals surface area contributed by atoms with Crippen LogP contribution >= 0.6 is 0 Å². The predicted octanol–water partition coefficient (Wildman–Crippen LogP) is 3.15. The summed E-state index contributed by atoms with van der Waals surface area (Å²) in [5.74, 6) is 0.873. The van der Waals surface area contributed by atoms with Gasteiger partial charge in [0.2, 0.25) is 0 Å². The first kappa shape index (κ1) is 10.6. The molecule has 1 aromatic carbocycles. The highest BCUT2D eigenvalue weighted by molar-refractivity contribution is 5.50. The van der Waals surface area contributed by atoms with Crippen LogP contribution in [-0.2, 0) is 0 Å². The van der Waals surface area contributed by atoms with Crippen molar-refractivity contribution < 1.29 is 4.74 Å². The molecule has 82 valence electrons. The van der Waals surface area contributed by atoms with E-state index in [9.17, 15) is 0 Å². The maximum Gasteiger partial charge on any atom is 0.119 e. The molecule has 1 aliphatic carbocycles. The van der Waals surface area contributed by atoms with Crippen LogP contribution in [0.25, 0.3) is 0 Å². The fourth-order valence-electron chi connectivity index (χ4n) is 1.63. The Balaban J connectivity index is 2.03. The molecular formula is C14H15NO. The number of hydrogen-bond donors (Lipinski definition) is 1. The van der Waals surface area contributed by atoms with E-state index in [1.165, 1.54) is 5.57 Å². The maximum atomic E-state index is 5.11. The molecule has 1 atom stereocenters. The Labute approximate surface area is 95.9 Å². The van der Waals surface area contributed by atoms with E-state index in [0.29, 0.717) is 0 Å². The molecule has 1 aromatic rings. The minimum atomic E-state index is 0.267. The third-order valence-corrected chi connectivity index (χ3v) is 2.56. The van der Waals surface area contributed by atoms with E-state index in [-0.39, 0.29) is 6.04 Å². The SMILES string of the molecule is COc1ccc(N[C@H](C)C2=C=CC=C2)cc1. The van der Waals surface area contributed by atoms with Gasteiger partial charge >= 0.3 is 0 Å². The molecular weight excluding hydrogens is 198 g/mol. The monoisotopic (exact) mass is 213 g/mol. The van der Waals surface area contributed by atoms with Gasteiger partial charge in [0.25, 0.3) is 0 Å². The summed E-state index contributed by atoms with van der Waals surface area (Å²) < 4.78 is 5.11. The minimum absolute atomic E-state index is 0.267. The number of nitrogens with one attached hydrogen (secondary N) is 1. The van der Waals surface area contributed by atoms with E-state index in [4.69, 9.17) is 4.74 Å². The lowest BCUT2D eigenvalue weighted by Gasteiger charge is -2.14. The molecule has 2 nitrogen and oxygen atoms in total. The van der Waals surface area contributed by atoms with Crippen molar-refractivity contribution in [1.82, 2.24) is 0 Å². The summed E-state index contributed by atoms with van der Waals surface area (Å²) in [7, 11) is 1.67. The van der Waals surface area contributed by atoms with Crippen molar-refractivity contribution in [3.8, 4) is 5.75 Å². The molecule has 0 saturated carbocycles. The van der Waals surface area contributed by atoms with Gasteiger partial charge in [0.15, 0.2) is 0 Å². The number of methoxy groups -OCH3 is 1. The lowest BCUT2D eigenvalue weighted by molar-refractivity contribution is 0.415. The molecule has 0 unspecified atom stereocenters. The minimum Gasteiger partial charge on any atom is -0.497 e. The Morgan fingerprint density at radius 2 is 2.00 bits per heavy atom. The van der Waals surface area contributed by atoms with Crippen LogP contribution in [0.15, 0.2) is 53.8 Å². The summed E-state index contributed by atoms with van der Waals surface area (Å²) in [5, 5.41) is 3.41. The largest absolute Gasteiger partial charge is 0.497 e. The highest BCUT2D eigenvalue weighted by Crippen LogP contribution is 2.18. The van der Waals surface area contributed by atoms with E-state index in [0.717, 1.165) is 11.4 Å². The number of anilines is 1. The van der Waals surface area contributed by atoms with E-state index < -0.39 is 0 Å². The smallest absolute Gasteiger partial charge is 0.119 e. The van der Waals surface area contributed by atoms with Crippen molar-refractivity contribution in [3.05, 3.63) is 53.8 Å². The number of ether oxygens (including phenoxy) is 1. The van der Waals surface area contributed by atoms with Crippen LogP contribution in [0, 0.1) is 0 Å². The van der Waals surface area contributed by atoms with E-state index in [1.54, 1.807) is 7.11 Å². The zero-order valence-corrected chi connectivity index (χ0v) is 9.53. The van der Waals surface area contributed by atoms with Crippen molar-refractivity contribution in [2.45, 2.75) is 13.0 Å².